The number of nitrogens with zero attached hydrogens (tertiary/aromatic N) is 2. The van der Waals surface area contributed by atoms with Crippen LogP contribution in [-0.4, -0.2) is 32.0 Å². The number of halogens is 1. The maximum Gasteiger partial charge on any atom is 0.214 e. The van der Waals surface area contributed by atoms with Crippen molar-refractivity contribution < 1.29 is 18.9 Å². The summed E-state index contributed by atoms with van der Waals surface area (Å²) < 4.78 is 22.9. The van der Waals surface area contributed by atoms with Gasteiger partial charge in [-0.25, -0.2) is 5.01 Å². The zero-order valence-corrected chi connectivity index (χ0v) is 18.8. The molecule has 0 fully saturated rings. The van der Waals surface area contributed by atoms with Crippen LogP contribution >= 0.6 is 11.6 Å². The Hall–Kier alpha value is -3.38. The maximum atomic E-state index is 6.47. The molecule has 0 aliphatic carbocycles. The summed E-state index contributed by atoms with van der Waals surface area (Å²) in [6, 6.07) is 19.5. The normalized spacial score (nSPS) is 18.9. The van der Waals surface area contributed by atoms with Gasteiger partial charge in [0.05, 0.1) is 33.1 Å². The molecule has 7 heteroatoms. The lowest BCUT2D eigenvalue weighted by molar-refractivity contribution is -0.0208. The number of hydrogen-bond donors (Lipinski definition) is 0. The number of benzene rings is 3. The molecule has 0 saturated carbocycles. The third kappa shape index (κ3) is 3.41. The predicted octanol–water partition coefficient (Wildman–Crippen LogP) is 5.61. The number of ether oxygens (including phenoxy) is 4. The average Bonchev–Trinajstić information content (AvgIpc) is 3.29. The quantitative estimate of drug-likeness (QED) is 0.505. The van der Waals surface area contributed by atoms with Gasteiger partial charge in [-0.3, -0.25) is 0 Å². The summed E-state index contributed by atoms with van der Waals surface area (Å²) in [6.07, 6.45) is 0.321. The standard InChI is InChI=1S/C25H23ClN2O4/c1-29-21-12-9-16(13-23(21)31-3)19-14-20-18-5-4-6-22(30-2)24(18)32-25(28(20)27-19)15-7-10-17(26)11-8-15/h4-13,20,25H,14H2,1-3H3/t20-,25-/m1/s1. The fourth-order valence-electron chi connectivity index (χ4n) is 4.28. The highest BCUT2D eigenvalue weighted by Crippen LogP contribution is 2.50. The van der Waals surface area contributed by atoms with Gasteiger partial charge in [-0.15, -0.1) is 0 Å². The van der Waals surface area contributed by atoms with E-state index < -0.39 is 6.23 Å². The number of para-hydroxylation sites is 1. The third-order valence-electron chi connectivity index (χ3n) is 5.87. The molecule has 5 rings (SSSR count). The molecule has 0 spiro atoms. The van der Waals surface area contributed by atoms with Crippen molar-refractivity contribution in [2.24, 2.45) is 5.10 Å². The second-order valence-corrected chi connectivity index (χ2v) is 8.05. The van der Waals surface area contributed by atoms with Crippen LogP contribution in [0.25, 0.3) is 0 Å². The van der Waals surface area contributed by atoms with Gasteiger partial charge >= 0.3 is 0 Å². The van der Waals surface area contributed by atoms with Gasteiger partial charge in [-0.05, 0) is 36.4 Å². The highest BCUT2D eigenvalue weighted by atomic mass is 35.5. The first-order chi connectivity index (χ1) is 15.6. The maximum absolute atomic E-state index is 6.47. The van der Waals surface area contributed by atoms with Crippen LogP contribution in [0.3, 0.4) is 0 Å². The van der Waals surface area contributed by atoms with Crippen molar-refractivity contribution in [1.82, 2.24) is 5.01 Å². The van der Waals surface area contributed by atoms with Crippen molar-refractivity contribution in [2.75, 3.05) is 21.3 Å². The Morgan fingerprint density at radius 1 is 0.906 bits per heavy atom. The molecule has 2 heterocycles. The Balaban J connectivity index is 1.60. The van der Waals surface area contributed by atoms with E-state index in [2.05, 4.69) is 6.07 Å². The molecule has 0 unspecified atom stereocenters. The predicted molar refractivity (Wildman–Crippen MR) is 123 cm³/mol. The van der Waals surface area contributed by atoms with Crippen molar-refractivity contribution in [2.45, 2.75) is 18.7 Å². The summed E-state index contributed by atoms with van der Waals surface area (Å²) in [5, 5.41) is 7.70. The van der Waals surface area contributed by atoms with E-state index in [1.54, 1.807) is 21.3 Å². The molecular weight excluding hydrogens is 428 g/mol. The molecule has 0 amide bonds. The molecule has 0 N–H and O–H groups in total. The second kappa shape index (κ2) is 8.28. The van der Waals surface area contributed by atoms with Gasteiger partial charge in [0.2, 0.25) is 6.23 Å². The van der Waals surface area contributed by atoms with Crippen LogP contribution in [0, 0.1) is 0 Å². The van der Waals surface area contributed by atoms with Gasteiger partial charge in [-0.2, -0.15) is 5.10 Å². The van der Waals surface area contributed by atoms with E-state index in [9.17, 15) is 0 Å². The van der Waals surface area contributed by atoms with Gasteiger partial charge in [0, 0.05) is 28.1 Å². The van der Waals surface area contributed by atoms with Crippen LogP contribution in [0.15, 0.2) is 65.8 Å². The summed E-state index contributed by atoms with van der Waals surface area (Å²) in [6.45, 7) is 0. The minimum absolute atomic E-state index is 0.0117. The van der Waals surface area contributed by atoms with Crippen molar-refractivity contribution in [3.05, 3.63) is 82.4 Å². The van der Waals surface area contributed by atoms with E-state index in [4.69, 9.17) is 35.6 Å². The summed E-state index contributed by atoms with van der Waals surface area (Å²) in [5.74, 6) is 2.82. The molecule has 3 aromatic rings. The lowest BCUT2D eigenvalue weighted by Gasteiger charge is -2.38. The molecule has 2 atom stereocenters. The molecule has 2 aliphatic heterocycles. The monoisotopic (exact) mass is 450 g/mol. The van der Waals surface area contributed by atoms with E-state index in [0.29, 0.717) is 22.3 Å². The lowest BCUT2D eigenvalue weighted by atomic mass is 9.95. The van der Waals surface area contributed by atoms with Gasteiger partial charge < -0.3 is 18.9 Å². The SMILES string of the molecule is COc1ccc(C2=NN3[C@H](C2)c2cccc(OC)c2O[C@@H]3c2ccc(Cl)cc2)cc1OC. The molecular formula is C25H23ClN2O4. The first-order valence-electron chi connectivity index (χ1n) is 10.3. The first-order valence-corrected chi connectivity index (χ1v) is 10.7. The zero-order chi connectivity index (χ0) is 22.2. The molecule has 0 saturated heterocycles. The van der Waals surface area contributed by atoms with Crippen LogP contribution in [-0.2, 0) is 0 Å². The fourth-order valence-corrected chi connectivity index (χ4v) is 4.41. The van der Waals surface area contributed by atoms with E-state index in [1.807, 2.05) is 59.6 Å². The molecule has 6 nitrogen and oxygen atoms in total. The lowest BCUT2D eigenvalue weighted by Crippen LogP contribution is -2.33. The van der Waals surface area contributed by atoms with Crippen molar-refractivity contribution in [3.8, 4) is 23.0 Å². The van der Waals surface area contributed by atoms with Gasteiger partial charge in [-0.1, -0.05) is 35.9 Å². The summed E-state index contributed by atoms with van der Waals surface area (Å²) in [5.41, 5.74) is 3.95. The molecule has 3 aromatic carbocycles. The minimum atomic E-state index is -0.404. The first kappa shape index (κ1) is 20.5. The zero-order valence-electron chi connectivity index (χ0n) is 18.0. The molecule has 0 radical (unpaired) electrons. The smallest absolute Gasteiger partial charge is 0.214 e. The Morgan fingerprint density at radius 3 is 2.38 bits per heavy atom. The van der Waals surface area contributed by atoms with Gasteiger partial charge in [0.25, 0.3) is 0 Å². The Labute approximate surface area is 191 Å². The molecule has 32 heavy (non-hydrogen) atoms. The highest BCUT2D eigenvalue weighted by molar-refractivity contribution is 6.30. The molecule has 164 valence electrons. The molecule has 2 aliphatic rings. The summed E-state index contributed by atoms with van der Waals surface area (Å²) in [7, 11) is 4.92. The Morgan fingerprint density at radius 2 is 1.66 bits per heavy atom. The summed E-state index contributed by atoms with van der Waals surface area (Å²) in [4.78, 5) is 0. The van der Waals surface area contributed by atoms with Gasteiger partial charge in [0.15, 0.2) is 23.0 Å². The van der Waals surface area contributed by atoms with E-state index in [1.165, 1.54) is 0 Å². The molecule has 0 aromatic heterocycles. The van der Waals surface area contributed by atoms with Crippen molar-refractivity contribution in [3.63, 3.8) is 0 Å². The third-order valence-corrected chi connectivity index (χ3v) is 6.12. The van der Waals surface area contributed by atoms with E-state index >= 15 is 0 Å². The van der Waals surface area contributed by atoms with Crippen LogP contribution < -0.4 is 18.9 Å². The van der Waals surface area contributed by atoms with Crippen LogP contribution in [0.4, 0.5) is 0 Å². The van der Waals surface area contributed by atoms with Crippen LogP contribution in [0.5, 0.6) is 23.0 Å². The van der Waals surface area contributed by atoms with Crippen LogP contribution in [0.1, 0.15) is 35.4 Å². The second-order valence-electron chi connectivity index (χ2n) is 7.62. The van der Waals surface area contributed by atoms with Crippen molar-refractivity contribution in [1.29, 1.82) is 0 Å². The average molecular weight is 451 g/mol. The topological polar surface area (TPSA) is 52.5 Å². The highest BCUT2D eigenvalue weighted by Gasteiger charge is 2.42. The number of fused-ring (bicyclic) bond motifs is 3. The summed E-state index contributed by atoms with van der Waals surface area (Å²) >= 11 is 6.12. The van der Waals surface area contributed by atoms with Crippen molar-refractivity contribution >= 4 is 17.3 Å². The Bertz CT molecular complexity index is 1180. The number of hydrazone groups is 1. The van der Waals surface area contributed by atoms with Gasteiger partial charge in [0.1, 0.15) is 0 Å². The molecule has 0 bridgehead atoms. The largest absolute Gasteiger partial charge is 0.493 e. The fraction of sp³-hybridized carbons (Fsp3) is 0.240. The van der Waals surface area contributed by atoms with Crippen LogP contribution in [0.2, 0.25) is 5.02 Å². The number of methoxy groups -OCH3 is 3. The van der Waals surface area contributed by atoms with E-state index in [-0.39, 0.29) is 6.04 Å². The van der Waals surface area contributed by atoms with E-state index in [0.717, 1.165) is 34.6 Å². The number of rotatable bonds is 5. The number of hydrogen-bond acceptors (Lipinski definition) is 6. The minimum Gasteiger partial charge on any atom is -0.493 e. The Kier molecular flexibility index (Phi) is 5.31.